The van der Waals surface area contributed by atoms with E-state index < -0.39 is 7.12 Å². The topological polar surface area (TPSA) is 105 Å². The van der Waals surface area contributed by atoms with Crippen molar-refractivity contribution in [3.63, 3.8) is 0 Å². The molecule has 0 atom stereocenters. The summed E-state index contributed by atoms with van der Waals surface area (Å²) in [6.07, 6.45) is 0. The zero-order chi connectivity index (χ0) is 86.5. The van der Waals surface area contributed by atoms with Gasteiger partial charge in [-0.1, -0.05) is 341 Å². The molecule has 0 saturated carbocycles. The summed E-state index contributed by atoms with van der Waals surface area (Å²) in [5.74, 6) is 0. The minimum atomic E-state index is -1.34. The fourth-order valence-corrected chi connectivity index (χ4v) is 16.3. The van der Waals surface area contributed by atoms with Crippen molar-refractivity contribution < 1.29 is 27.7 Å². The highest BCUT2D eigenvalue weighted by atomic mass is 79.9. The van der Waals surface area contributed by atoms with E-state index in [1.54, 1.807) is 24.3 Å². The number of hydrogen-bond acceptors (Lipinski definition) is 7. The van der Waals surface area contributed by atoms with Gasteiger partial charge in [0.05, 0.1) is 0 Å². The lowest BCUT2D eigenvalue weighted by molar-refractivity contribution is 0.426. The molecule has 13 heteroatoms. The van der Waals surface area contributed by atoms with Crippen LogP contribution in [-0.2, 0) is 0 Å². The molecule has 3 N–H and O–H groups in total. The Hall–Kier alpha value is -14.2. The highest BCUT2D eigenvalue weighted by Gasteiger charge is 2.16. The molecule has 7 nitrogen and oxygen atoms in total. The minimum Gasteiger partial charge on any atom is -0.456 e. The molecule has 0 unspecified atom stereocenters. The van der Waals surface area contributed by atoms with Gasteiger partial charge in [-0.25, -0.2) is 0 Å². The number of hydrogen-bond donors (Lipinski definition) is 3. The summed E-state index contributed by atoms with van der Waals surface area (Å²) in [6.45, 7) is 0. The number of para-hydroxylation sites is 1. The first-order chi connectivity index (χ1) is 62.3. The summed E-state index contributed by atoms with van der Waals surface area (Å²) in [5.41, 5.74) is 28.9. The van der Waals surface area contributed by atoms with E-state index in [9.17, 15) is 0 Å². The number of fused-ring (bicyclic) bond motifs is 12. The van der Waals surface area contributed by atoms with Crippen LogP contribution in [-0.4, -0.2) is 17.2 Å². The van der Waals surface area contributed by atoms with Gasteiger partial charge in [0, 0.05) is 79.0 Å². The first-order valence-electron chi connectivity index (χ1n) is 41.4. The van der Waals surface area contributed by atoms with Crippen molar-refractivity contribution in [3.8, 4) is 89.0 Å². The zero-order valence-electron chi connectivity index (χ0n) is 68.2. The van der Waals surface area contributed by atoms with E-state index in [2.05, 4.69) is 264 Å². The predicted octanol–water partition coefficient (Wildman–Crippen LogP) is 33.9. The third-order valence-corrected chi connectivity index (χ3v) is 23.5. The number of furan rings is 4. The van der Waals surface area contributed by atoms with Gasteiger partial charge in [0.25, 0.3) is 0 Å². The van der Waals surface area contributed by atoms with Crippen LogP contribution in [0.5, 0.6) is 0 Å². The molecule has 0 aliphatic carbocycles. The van der Waals surface area contributed by atoms with E-state index in [1.807, 2.05) is 182 Å². The summed E-state index contributed by atoms with van der Waals surface area (Å²) in [4.78, 5) is 0. The van der Waals surface area contributed by atoms with E-state index in [0.29, 0.717) is 5.46 Å². The molecule has 4 aromatic heterocycles. The molecule has 23 aromatic rings. The first-order valence-corrected chi connectivity index (χ1v) is 43.7. The largest absolute Gasteiger partial charge is 0.488 e. The number of halogens is 5. The summed E-state index contributed by atoms with van der Waals surface area (Å²) in [5, 5.41) is 32.7. The second-order valence-electron chi connectivity index (χ2n) is 30.4. The maximum atomic E-state index is 8.58. The van der Waals surface area contributed by atoms with Gasteiger partial charge in [0.15, 0.2) is 0 Å². The van der Waals surface area contributed by atoms with Crippen molar-refractivity contribution in [2.75, 3.05) is 5.32 Å². The van der Waals surface area contributed by atoms with Crippen LogP contribution in [0, 0.1) is 0 Å². The molecule has 612 valence electrons. The van der Waals surface area contributed by atoms with E-state index in [4.69, 9.17) is 74.1 Å². The van der Waals surface area contributed by atoms with Crippen LogP contribution in [0.3, 0.4) is 0 Å². The van der Waals surface area contributed by atoms with E-state index in [0.717, 1.165) is 163 Å². The lowest BCUT2D eigenvalue weighted by atomic mass is 9.81. The highest BCUT2D eigenvalue weighted by molar-refractivity contribution is 9.10. The summed E-state index contributed by atoms with van der Waals surface area (Å²) < 4.78 is 24.8. The molecule has 0 aliphatic rings. The van der Waals surface area contributed by atoms with Crippen molar-refractivity contribution >= 4 is 174 Å². The van der Waals surface area contributed by atoms with Crippen LogP contribution in [0.4, 0.5) is 11.4 Å². The SMILES string of the molecule is Clc1ccc(-c2ccc3oc4ccc(-c5ccccc5)cc4c3c2)cc1.Clc1ccc(-c2ccc3oc4ccc(-c5ccccc5)cc4c3c2)cc1.Clc1ccc(-c2ccc3oc4ccc(Br)cc4c3c2)cc1.Clc1ccc(-c2ccc3oc4ccccc4c3c2)cc1.OB(O)c1ccccc1.c1ccc(-c2ccc(Nc3ccc(-c4ccccc4)cc3)cc2)cc1. The first kappa shape index (κ1) is 83.7. The number of anilines is 2. The van der Waals surface area contributed by atoms with Gasteiger partial charge in [-0.3, -0.25) is 0 Å². The van der Waals surface area contributed by atoms with Crippen molar-refractivity contribution in [1.82, 2.24) is 0 Å². The van der Waals surface area contributed by atoms with Gasteiger partial charge >= 0.3 is 7.12 Å². The van der Waals surface area contributed by atoms with Gasteiger partial charge in [0.2, 0.25) is 0 Å². The highest BCUT2D eigenvalue weighted by Crippen LogP contribution is 2.41. The summed E-state index contributed by atoms with van der Waals surface area (Å²) >= 11 is 27.4. The Balaban J connectivity index is 0.000000105. The molecule has 0 amide bonds. The van der Waals surface area contributed by atoms with Gasteiger partial charge < -0.3 is 33.0 Å². The van der Waals surface area contributed by atoms with Crippen LogP contribution < -0.4 is 10.8 Å². The Kier molecular flexibility index (Phi) is 25.6. The van der Waals surface area contributed by atoms with Gasteiger partial charge in [-0.15, -0.1) is 0 Å². The molecule has 0 aliphatic heterocycles. The maximum Gasteiger partial charge on any atom is 0.488 e. The molecule has 127 heavy (non-hydrogen) atoms. The number of benzene rings is 19. The minimum absolute atomic E-state index is 0.525. The summed E-state index contributed by atoms with van der Waals surface area (Å²) in [6, 6.07) is 151. The lowest BCUT2D eigenvalue weighted by Gasteiger charge is -2.09. The van der Waals surface area contributed by atoms with Crippen molar-refractivity contribution in [2.45, 2.75) is 0 Å². The van der Waals surface area contributed by atoms with E-state index in [-0.39, 0.29) is 0 Å². The molecule has 0 spiro atoms. The Labute approximate surface area is 763 Å². The lowest BCUT2D eigenvalue weighted by Crippen LogP contribution is -2.29. The van der Waals surface area contributed by atoms with Crippen LogP contribution >= 0.6 is 62.3 Å². The van der Waals surface area contributed by atoms with Gasteiger partial charge in [-0.2, -0.15) is 0 Å². The second-order valence-corrected chi connectivity index (χ2v) is 33.0. The fraction of sp³-hybridized carbons (Fsp3) is 0. The third kappa shape index (κ3) is 20.0. The maximum absolute atomic E-state index is 8.58. The fourth-order valence-electron chi connectivity index (χ4n) is 15.5. The molecule has 0 radical (unpaired) electrons. The number of nitrogens with one attached hydrogen (secondary N) is 1. The van der Waals surface area contributed by atoms with Crippen molar-refractivity contribution in [1.29, 1.82) is 0 Å². The smallest absolute Gasteiger partial charge is 0.456 e. The average Bonchev–Trinajstić information content (AvgIpc) is 1.67. The quantitative estimate of drug-likeness (QED) is 0.111. The van der Waals surface area contributed by atoms with E-state index in [1.165, 1.54) is 50.1 Å². The molecule has 19 aromatic carbocycles. The third-order valence-electron chi connectivity index (χ3n) is 22.0. The molecule has 0 saturated heterocycles. The molecule has 4 heterocycles. The second kappa shape index (κ2) is 38.9. The Morgan fingerprint density at radius 1 is 0.189 bits per heavy atom. The number of rotatable bonds is 11. The monoisotopic (exact) mass is 1790 g/mol. The molecule has 0 bridgehead atoms. The van der Waals surface area contributed by atoms with E-state index >= 15 is 0 Å². The Morgan fingerprint density at radius 2 is 0.386 bits per heavy atom. The van der Waals surface area contributed by atoms with Gasteiger partial charge in [-0.05, 0) is 264 Å². The van der Waals surface area contributed by atoms with Crippen LogP contribution in [0.1, 0.15) is 0 Å². The Bertz CT molecular complexity index is 7410. The molecule has 23 rings (SSSR count). The van der Waals surface area contributed by atoms with Crippen LogP contribution in [0.2, 0.25) is 20.1 Å². The standard InChI is InChI=1S/2C24H15ClO.C24H19N.C18H10BrClO.C18H11ClO.C6H7BO2/c2*25-20-10-6-17(7-11-20)19-9-13-24-22(15-19)21-14-18(8-12-23(21)26-24)16-4-2-1-3-5-16;1-3-7-19(8-4-1)21-11-15-23(16-12-21)25-24-17-13-22(14-18-24)20-9-5-2-6-10-20;19-13-4-8-18-16(10-13)15-9-12(3-7-17(15)21-18)11-1-5-14(20)6-2-11;19-14-8-5-12(6-9-14)13-7-10-18-16(11-13)15-3-1-2-4-17(15)20-18;8-7(9)6-4-2-1-3-5-6/h2*1-15H;1-18,25H;1-10H;1-11H;1-5,8-9H. The zero-order valence-corrected chi connectivity index (χ0v) is 72.8. The van der Waals surface area contributed by atoms with Crippen molar-refractivity contribution in [2.24, 2.45) is 0 Å². The molecular weight excluding hydrogens is 1710 g/mol. The normalized spacial score (nSPS) is 11.0. The van der Waals surface area contributed by atoms with Crippen LogP contribution in [0.15, 0.2) is 471 Å². The summed E-state index contributed by atoms with van der Waals surface area (Å²) in [7, 11) is -1.34. The molecule has 0 fully saturated rings. The molecular formula is C114H77BBrCl4NO6. The van der Waals surface area contributed by atoms with Gasteiger partial charge in [0.1, 0.15) is 44.7 Å². The predicted molar refractivity (Wildman–Crippen MR) is 539 cm³/mol. The Morgan fingerprint density at radius 3 is 0.661 bits per heavy atom. The van der Waals surface area contributed by atoms with Crippen molar-refractivity contribution in [3.05, 3.63) is 473 Å². The van der Waals surface area contributed by atoms with Crippen LogP contribution in [0.25, 0.3) is 177 Å². The average molecular weight is 1790 g/mol.